The predicted octanol–water partition coefficient (Wildman–Crippen LogP) is 2.69. The largest absolute Gasteiger partial charge is 0.330 e. The number of hydrogen-bond donors (Lipinski definition) is 0. The van der Waals surface area contributed by atoms with Gasteiger partial charge in [0.15, 0.2) is 0 Å². The van der Waals surface area contributed by atoms with Crippen molar-refractivity contribution >= 4 is 17.2 Å². The Hall–Kier alpha value is -1.95. The fourth-order valence-electron chi connectivity index (χ4n) is 2.90. The first-order valence-electron chi connectivity index (χ1n) is 7.62. The first-order valence-corrected chi connectivity index (χ1v) is 8.56. The number of rotatable bonds is 4. The Kier molecular flexibility index (Phi) is 4.38. The summed E-state index contributed by atoms with van der Waals surface area (Å²) in [6.45, 7) is 3.26. The molecule has 0 spiro atoms. The highest BCUT2D eigenvalue weighted by molar-refractivity contribution is 7.07. The van der Waals surface area contributed by atoms with Crippen LogP contribution >= 0.6 is 11.3 Å². The van der Waals surface area contributed by atoms with E-state index in [0.29, 0.717) is 12.2 Å². The van der Waals surface area contributed by atoms with E-state index in [9.17, 15) is 9.59 Å². The Morgan fingerprint density at radius 1 is 1.41 bits per heavy atom. The third kappa shape index (κ3) is 2.83. The van der Waals surface area contributed by atoms with E-state index in [1.165, 1.54) is 16.3 Å². The van der Waals surface area contributed by atoms with E-state index in [4.69, 9.17) is 0 Å². The molecule has 0 aromatic carbocycles. The van der Waals surface area contributed by atoms with Crippen molar-refractivity contribution < 1.29 is 4.79 Å². The van der Waals surface area contributed by atoms with Crippen molar-refractivity contribution in [2.24, 2.45) is 0 Å². The molecule has 1 aliphatic heterocycles. The summed E-state index contributed by atoms with van der Waals surface area (Å²) in [6.07, 6.45) is 2.80. The van der Waals surface area contributed by atoms with E-state index in [2.05, 4.69) is 16.5 Å². The molecular formula is C16H19N3O2S. The molecule has 3 heterocycles. The van der Waals surface area contributed by atoms with Gasteiger partial charge in [-0.25, -0.2) is 4.68 Å². The molecule has 0 N–H and O–H groups in total. The normalized spacial score (nSPS) is 17.9. The van der Waals surface area contributed by atoms with Gasteiger partial charge in [-0.05, 0) is 47.7 Å². The number of aromatic nitrogens is 2. The van der Waals surface area contributed by atoms with Crippen molar-refractivity contribution in [2.75, 3.05) is 6.54 Å². The van der Waals surface area contributed by atoms with E-state index in [-0.39, 0.29) is 17.5 Å². The van der Waals surface area contributed by atoms with Crippen LogP contribution in [0.3, 0.4) is 0 Å². The van der Waals surface area contributed by atoms with E-state index in [0.717, 1.165) is 25.8 Å². The minimum Gasteiger partial charge on any atom is -0.330 e. The molecule has 0 saturated carbocycles. The number of hydrogen-bond acceptors (Lipinski definition) is 4. The number of likely N-dealkylation sites (tertiary alicyclic amines) is 1. The second-order valence-electron chi connectivity index (χ2n) is 5.49. The van der Waals surface area contributed by atoms with Crippen LogP contribution in [-0.2, 0) is 6.54 Å². The fourth-order valence-corrected chi connectivity index (χ4v) is 3.61. The Bertz CT molecular complexity index is 708. The van der Waals surface area contributed by atoms with Crippen LogP contribution in [0.5, 0.6) is 0 Å². The van der Waals surface area contributed by atoms with E-state index >= 15 is 0 Å². The van der Waals surface area contributed by atoms with E-state index < -0.39 is 0 Å². The van der Waals surface area contributed by atoms with Crippen molar-refractivity contribution in [1.29, 1.82) is 0 Å². The molecule has 1 aliphatic rings. The van der Waals surface area contributed by atoms with Crippen LogP contribution in [0.4, 0.5) is 0 Å². The van der Waals surface area contributed by atoms with Crippen LogP contribution in [-0.4, -0.2) is 27.1 Å². The summed E-state index contributed by atoms with van der Waals surface area (Å²) in [5.74, 6) is -0.0847. The molecule has 0 unspecified atom stereocenters. The van der Waals surface area contributed by atoms with E-state index in [1.807, 2.05) is 17.2 Å². The highest BCUT2D eigenvalue weighted by atomic mass is 32.1. The third-order valence-electron chi connectivity index (χ3n) is 3.96. The summed E-state index contributed by atoms with van der Waals surface area (Å²) in [6, 6.07) is 5.18. The average Bonchev–Trinajstić information content (AvgIpc) is 3.19. The zero-order valence-corrected chi connectivity index (χ0v) is 13.4. The monoisotopic (exact) mass is 317 g/mol. The highest BCUT2D eigenvalue weighted by Gasteiger charge is 2.31. The summed E-state index contributed by atoms with van der Waals surface area (Å²) in [4.78, 5) is 26.4. The van der Waals surface area contributed by atoms with Crippen LogP contribution in [0.2, 0.25) is 0 Å². The van der Waals surface area contributed by atoms with Gasteiger partial charge in [-0.15, -0.1) is 0 Å². The number of thiophene rings is 1. The number of aryl methyl sites for hydroxylation is 1. The SMILES string of the molecule is CCCn1nc(C(=O)N2CCC[C@@H]2c2ccsc2)ccc1=O. The smallest absolute Gasteiger partial charge is 0.274 e. The lowest BCUT2D eigenvalue weighted by molar-refractivity contribution is 0.0727. The third-order valence-corrected chi connectivity index (χ3v) is 4.66. The summed E-state index contributed by atoms with van der Waals surface area (Å²) in [7, 11) is 0. The van der Waals surface area contributed by atoms with Crippen LogP contribution < -0.4 is 5.56 Å². The predicted molar refractivity (Wildman–Crippen MR) is 86.1 cm³/mol. The molecule has 2 aromatic heterocycles. The zero-order chi connectivity index (χ0) is 15.5. The number of carbonyl (C=O) groups excluding carboxylic acids is 1. The number of carbonyl (C=O) groups is 1. The number of nitrogens with zero attached hydrogens (tertiary/aromatic N) is 3. The van der Waals surface area contributed by atoms with Gasteiger partial charge in [0.2, 0.25) is 0 Å². The molecular weight excluding hydrogens is 298 g/mol. The maximum atomic E-state index is 12.8. The van der Waals surface area contributed by atoms with Crippen molar-refractivity contribution in [2.45, 2.75) is 38.8 Å². The highest BCUT2D eigenvalue weighted by Crippen LogP contribution is 2.33. The summed E-state index contributed by atoms with van der Waals surface area (Å²) in [5, 5.41) is 8.37. The van der Waals surface area contributed by atoms with Gasteiger partial charge in [-0.3, -0.25) is 9.59 Å². The second kappa shape index (κ2) is 6.44. The Balaban J connectivity index is 1.87. The lowest BCUT2D eigenvalue weighted by Crippen LogP contribution is -2.33. The van der Waals surface area contributed by atoms with Gasteiger partial charge < -0.3 is 4.90 Å². The van der Waals surface area contributed by atoms with Crippen molar-refractivity contribution in [3.8, 4) is 0 Å². The van der Waals surface area contributed by atoms with Crippen LogP contribution in [0.25, 0.3) is 0 Å². The molecule has 1 atom stereocenters. The molecule has 1 fully saturated rings. The van der Waals surface area contributed by atoms with Gasteiger partial charge >= 0.3 is 0 Å². The molecule has 0 bridgehead atoms. The van der Waals surface area contributed by atoms with E-state index in [1.54, 1.807) is 17.4 Å². The summed E-state index contributed by atoms with van der Waals surface area (Å²) >= 11 is 1.65. The first-order chi connectivity index (χ1) is 10.7. The first kappa shape index (κ1) is 15.0. The lowest BCUT2D eigenvalue weighted by Gasteiger charge is -2.24. The van der Waals surface area contributed by atoms with Crippen LogP contribution in [0, 0.1) is 0 Å². The molecule has 0 aliphatic carbocycles. The molecule has 6 heteroatoms. The fraction of sp³-hybridized carbons (Fsp3) is 0.438. The van der Waals surface area contributed by atoms with Gasteiger partial charge in [0.1, 0.15) is 5.69 Å². The molecule has 116 valence electrons. The van der Waals surface area contributed by atoms with Crippen LogP contribution in [0.15, 0.2) is 33.8 Å². The van der Waals surface area contributed by atoms with Gasteiger partial charge in [0.05, 0.1) is 6.04 Å². The second-order valence-corrected chi connectivity index (χ2v) is 6.27. The van der Waals surface area contributed by atoms with Gasteiger partial charge in [0, 0.05) is 19.2 Å². The summed E-state index contributed by atoms with van der Waals surface area (Å²) in [5.41, 5.74) is 1.39. The van der Waals surface area contributed by atoms with Gasteiger partial charge in [-0.1, -0.05) is 6.92 Å². The molecule has 3 rings (SSSR count). The Morgan fingerprint density at radius 2 is 2.27 bits per heavy atom. The minimum atomic E-state index is -0.158. The molecule has 5 nitrogen and oxygen atoms in total. The van der Waals surface area contributed by atoms with Gasteiger partial charge in [0.25, 0.3) is 11.5 Å². The molecule has 1 amide bonds. The Labute approximate surface area is 133 Å². The molecule has 0 radical (unpaired) electrons. The maximum Gasteiger partial charge on any atom is 0.274 e. The topological polar surface area (TPSA) is 55.2 Å². The average molecular weight is 317 g/mol. The zero-order valence-electron chi connectivity index (χ0n) is 12.6. The van der Waals surface area contributed by atoms with Crippen LogP contribution in [0.1, 0.15) is 48.3 Å². The lowest BCUT2D eigenvalue weighted by atomic mass is 10.1. The molecule has 1 saturated heterocycles. The van der Waals surface area contributed by atoms with Gasteiger partial charge in [-0.2, -0.15) is 16.4 Å². The maximum absolute atomic E-state index is 12.8. The molecule has 2 aromatic rings. The molecule has 22 heavy (non-hydrogen) atoms. The minimum absolute atomic E-state index is 0.0847. The standard InChI is InChI=1S/C16H19N3O2S/c1-2-8-19-15(20)6-5-13(17-19)16(21)18-9-3-4-14(18)12-7-10-22-11-12/h5-7,10-11,14H,2-4,8-9H2,1H3/t14-/m1/s1. The number of amides is 1. The van der Waals surface area contributed by atoms with Crippen molar-refractivity contribution in [3.05, 3.63) is 50.6 Å². The van der Waals surface area contributed by atoms with Crippen molar-refractivity contribution in [1.82, 2.24) is 14.7 Å². The quantitative estimate of drug-likeness (QED) is 0.871. The Morgan fingerprint density at radius 3 is 3.00 bits per heavy atom. The summed E-state index contributed by atoms with van der Waals surface area (Å²) < 4.78 is 1.38. The van der Waals surface area contributed by atoms with Crippen molar-refractivity contribution in [3.63, 3.8) is 0 Å².